The molecule has 4 nitrogen and oxygen atoms in total. The average Bonchev–Trinajstić information content (AvgIpc) is 2.39. The van der Waals surface area contributed by atoms with Gasteiger partial charge in [-0.2, -0.15) is 0 Å². The van der Waals surface area contributed by atoms with Crippen molar-refractivity contribution in [1.29, 1.82) is 0 Å². The van der Waals surface area contributed by atoms with Crippen LogP contribution < -0.4 is 10.6 Å². The third kappa shape index (κ3) is 2.52. The summed E-state index contributed by atoms with van der Waals surface area (Å²) in [4.78, 5) is 2.31. The van der Waals surface area contributed by atoms with Gasteiger partial charge in [0.15, 0.2) is 5.84 Å². The molecule has 0 bridgehead atoms. The van der Waals surface area contributed by atoms with E-state index in [-0.39, 0.29) is 5.84 Å². The van der Waals surface area contributed by atoms with Crippen LogP contribution in [-0.2, 0) is 0 Å². The second-order valence-electron chi connectivity index (χ2n) is 4.67. The van der Waals surface area contributed by atoms with Crippen molar-refractivity contribution in [1.82, 2.24) is 0 Å². The summed E-state index contributed by atoms with van der Waals surface area (Å²) in [5.74, 6) is 0.974. The van der Waals surface area contributed by atoms with Gasteiger partial charge in [-0.25, -0.2) is 0 Å². The fourth-order valence-corrected chi connectivity index (χ4v) is 2.27. The summed E-state index contributed by atoms with van der Waals surface area (Å²) >= 11 is 0. The van der Waals surface area contributed by atoms with E-state index in [9.17, 15) is 0 Å². The molecule has 1 fully saturated rings. The van der Waals surface area contributed by atoms with Gasteiger partial charge in [0.2, 0.25) is 0 Å². The molecule has 0 spiro atoms. The molecule has 1 aromatic carbocycles. The van der Waals surface area contributed by atoms with Gasteiger partial charge in [0.05, 0.1) is 0 Å². The number of rotatable bonds is 2. The number of nitrogens with two attached hydrogens (primary N) is 1. The zero-order valence-electron chi connectivity index (χ0n) is 10.1. The Bertz CT molecular complexity index is 409. The first-order valence-corrected chi connectivity index (χ1v) is 6.04. The second kappa shape index (κ2) is 5.08. The minimum atomic E-state index is 0.180. The predicted molar refractivity (Wildman–Crippen MR) is 69.6 cm³/mol. The van der Waals surface area contributed by atoms with Gasteiger partial charge in [0, 0.05) is 24.3 Å². The minimum Gasteiger partial charge on any atom is -0.409 e. The van der Waals surface area contributed by atoms with E-state index in [2.05, 4.69) is 17.0 Å². The molecule has 0 radical (unpaired) electrons. The Morgan fingerprint density at radius 1 is 1.35 bits per heavy atom. The molecule has 1 aromatic rings. The van der Waals surface area contributed by atoms with Gasteiger partial charge in [-0.05, 0) is 30.9 Å². The highest BCUT2D eigenvalue weighted by Gasteiger charge is 2.19. The monoisotopic (exact) mass is 233 g/mol. The van der Waals surface area contributed by atoms with E-state index in [0.717, 1.165) is 30.3 Å². The molecule has 0 unspecified atom stereocenters. The van der Waals surface area contributed by atoms with Crippen LogP contribution in [0.4, 0.5) is 5.69 Å². The Hall–Kier alpha value is -1.71. The highest BCUT2D eigenvalue weighted by molar-refractivity contribution is 6.02. The number of anilines is 1. The lowest BCUT2D eigenvalue weighted by Crippen LogP contribution is -2.34. The van der Waals surface area contributed by atoms with Crippen molar-refractivity contribution in [3.8, 4) is 0 Å². The fraction of sp³-hybridized carbons (Fsp3) is 0.462. The first-order valence-electron chi connectivity index (χ1n) is 6.04. The smallest absolute Gasteiger partial charge is 0.172 e. The molecular weight excluding hydrogens is 214 g/mol. The Kier molecular flexibility index (Phi) is 3.52. The summed E-state index contributed by atoms with van der Waals surface area (Å²) < 4.78 is 0. The third-order valence-electron chi connectivity index (χ3n) is 3.41. The van der Waals surface area contributed by atoms with E-state index in [4.69, 9.17) is 10.9 Å². The maximum atomic E-state index is 8.80. The van der Waals surface area contributed by atoms with Crippen molar-refractivity contribution in [3.05, 3.63) is 29.8 Å². The molecule has 1 aliphatic heterocycles. The molecule has 92 valence electrons. The van der Waals surface area contributed by atoms with Crippen molar-refractivity contribution >= 4 is 11.5 Å². The Balaban J connectivity index is 2.26. The Morgan fingerprint density at radius 3 is 2.65 bits per heavy atom. The van der Waals surface area contributed by atoms with Crippen LogP contribution in [0.1, 0.15) is 25.3 Å². The van der Waals surface area contributed by atoms with Crippen molar-refractivity contribution in [2.45, 2.75) is 19.8 Å². The molecular formula is C13H19N3O. The maximum absolute atomic E-state index is 8.80. The second-order valence-corrected chi connectivity index (χ2v) is 4.67. The lowest BCUT2D eigenvalue weighted by molar-refractivity contribution is 0.318. The highest BCUT2D eigenvalue weighted by atomic mass is 16.4. The van der Waals surface area contributed by atoms with E-state index in [1.54, 1.807) is 0 Å². The van der Waals surface area contributed by atoms with Gasteiger partial charge in [-0.1, -0.05) is 24.2 Å². The van der Waals surface area contributed by atoms with Crippen molar-refractivity contribution in [2.75, 3.05) is 18.0 Å². The maximum Gasteiger partial charge on any atom is 0.172 e. The molecule has 4 heteroatoms. The molecule has 17 heavy (non-hydrogen) atoms. The number of nitrogens with zero attached hydrogens (tertiary/aromatic N) is 2. The minimum absolute atomic E-state index is 0.180. The van der Waals surface area contributed by atoms with E-state index in [0.29, 0.717) is 0 Å². The van der Waals surface area contributed by atoms with Crippen LogP contribution in [0.5, 0.6) is 0 Å². The van der Waals surface area contributed by atoms with Crippen molar-refractivity contribution < 1.29 is 5.21 Å². The largest absolute Gasteiger partial charge is 0.409 e. The Labute approximate surface area is 102 Å². The van der Waals surface area contributed by atoms with E-state index in [1.807, 2.05) is 24.3 Å². The van der Waals surface area contributed by atoms with Gasteiger partial charge in [-0.3, -0.25) is 0 Å². The molecule has 1 heterocycles. The van der Waals surface area contributed by atoms with Crippen LogP contribution in [0.2, 0.25) is 0 Å². The van der Waals surface area contributed by atoms with Crippen LogP contribution in [0.15, 0.2) is 29.4 Å². The molecule has 3 N–H and O–H groups in total. The molecule has 0 amide bonds. The van der Waals surface area contributed by atoms with E-state index >= 15 is 0 Å². The average molecular weight is 233 g/mol. The number of piperidine rings is 1. The zero-order chi connectivity index (χ0) is 12.3. The van der Waals surface area contributed by atoms with Crippen molar-refractivity contribution in [3.63, 3.8) is 0 Å². The lowest BCUT2D eigenvalue weighted by Gasteiger charge is -2.33. The van der Waals surface area contributed by atoms with E-state index in [1.165, 1.54) is 12.8 Å². The van der Waals surface area contributed by atoms with Gasteiger partial charge in [-0.15, -0.1) is 0 Å². The Morgan fingerprint density at radius 2 is 2.00 bits per heavy atom. The lowest BCUT2D eigenvalue weighted by atomic mass is 9.98. The summed E-state index contributed by atoms with van der Waals surface area (Å²) in [6.45, 7) is 4.36. The molecule has 2 rings (SSSR count). The normalized spacial score (nSPS) is 18.4. The molecule has 1 saturated heterocycles. The first-order chi connectivity index (χ1) is 8.22. The summed E-state index contributed by atoms with van der Waals surface area (Å²) in [6, 6.07) is 7.82. The molecule has 1 aliphatic rings. The van der Waals surface area contributed by atoms with Crippen molar-refractivity contribution in [2.24, 2.45) is 16.8 Å². The topological polar surface area (TPSA) is 61.8 Å². The van der Waals surface area contributed by atoms with E-state index < -0.39 is 0 Å². The van der Waals surface area contributed by atoms with Gasteiger partial charge in [0.25, 0.3) is 0 Å². The molecule has 0 atom stereocenters. The van der Waals surface area contributed by atoms with Crippen LogP contribution in [0, 0.1) is 5.92 Å². The van der Waals surface area contributed by atoms with Crippen LogP contribution >= 0.6 is 0 Å². The van der Waals surface area contributed by atoms with Gasteiger partial charge >= 0.3 is 0 Å². The van der Waals surface area contributed by atoms with Crippen LogP contribution in [0.25, 0.3) is 0 Å². The van der Waals surface area contributed by atoms with Gasteiger partial charge < -0.3 is 15.8 Å². The molecule has 0 saturated carbocycles. The number of hydrogen-bond donors (Lipinski definition) is 2. The zero-order valence-corrected chi connectivity index (χ0v) is 10.1. The number of oxime groups is 1. The standard InChI is InChI=1S/C13H19N3O/c1-10-6-8-16(9-7-10)12-5-3-2-4-11(12)13(14)15-17/h2-5,10,17H,6-9H2,1H3,(H2,14,15). The number of para-hydroxylation sites is 1. The quantitative estimate of drug-likeness (QED) is 0.355. The van der Waals surface area contributed by atoms with Crippen LogP contribution in [0.3, 0.4) is 0 Å². The summed E-state index contributed by atoms with van der Waals surface area (Å²) in [5.41, 5.74) is 7.58. The summed E-state index contributed by atoms with van der Waals surface area (Å²) in [6.07, 6.45) is 2.40. The SMILES string of the molecule is CC1CCN(c2ccccc2C(N)=NO)CC1. The number of benzene rings is 1. The summed E-state index contributed by atoms with van der Waals surface area (Å²) in [5, 5.41) is 11.9. The summed E-state index contributed by atoms with van der Waals surface area (Å²) in [7, 11) is 0. The third-order valence-corrected chi connectivity index (χ3v) is 3.41. The van der Waals surface area contributed by atoms with Crippen LogP contribution in [-0.4, -0.2) is 24.1 Å². The fourth-order valence-electron chi connectivity index (χ4n) is 2.27. The first kappa shape index (κ1) is 11.8. The number of hydrogen-bond acceptors (Lipinski definition) is 3. The highest BCUT2D eigenvalue weighted by Crippen LogP contribution is 2.25. The number of amidine groups is 1. The predicted octanol–water partition coefficient (Wildman–Crippen LogP) is 2.02. The molecule has 0 aliphatic carbocycles. The molecule has 0 aromatic heterocycles. The van der Waals surface area contributed by atoms with Gasteiger partial charge in [0.1, 0.15) is 0 Å².